The first kappa shape index (κ1) is 27.5. The fourth-order valence-corrected chi connectivity index (χ4v) is 5.81. The first-order valence-electron chi connectivity index (χ1n) is 11.8. The summed E-state index contributed by atoms with van der Waals surface area (Å²) in [6.07, 6.45) is 3.49. The van der Waals surface area contributed by atoms with E-state index in [9.17, 15) is 14.0 Å². The predicted octanol–water partition coefficient (Wildman–Crippen LogP) is 7.12. The number of rotatable bonds is 6. The van der Waals surface area contributed by atoms with Crippen LogP contribution in [0.5, 0.6) is 11.5 Å². The molecule has 0 radical (unpaired) electrons. The van der Waals surface area contributed by atoms with Gasteiger partial charge in [-0.2, -0.15) is 0 Å². The topological polar surface area (TPSA) is 49.9 Å². The van der Waals surface area contributed by atoms with Gasteiger partial charge in [0.05, 0.1) is 0 Å². The Balaban J connectivity index is 1.39. The Morgan fingerprint density at radius 1 is 1.11 bits per heavy atom. The number of hydrogen-bond acceptors (Lipinski definition) is 4. The Kier molecular flexibility index (Phi) is 9.16. The maximum absolute atomic E-state index is 14.1. The third kappa shape index (κ3) is 6.86. The number of likely N-dealkylation sites (N-methyl/N-ethyl adjacent to an activating group) is 1. The van der Waals surface area contributed by atoms with Crippen molar-refractivity contribution in [1.82, 2.24) is 9.80 Å². The van der Waals surface area contributed by atoms with Crippen molar-refractivity contribution in [2.45, 2.75) is 30.2 Å². The molecule has 1 heterocycles. The standard InChI is InChI=1S/C28H27BrClFN2O3S/c1-32(17-19-15-21(31)4-10-26(19)36-22-5-7-23(37-2)8-6-22)27(34)28(35)33-13-11-18(12-14-33)24-9-3-20(30)16-25(24)29/h3-10,15-16,18H,11-14,17H2,1-2H3. The molecule has 1 saturated heterocycles. The van der Waals surface area contributed by atoms with Crippen LogP contribution in [0.1, 0.15) is 29.9 Å². The zero-order valence-electron chi connectivity index (χ0n) is 20.5. The average Bonchev–Trinajstić information content (AvgIpc) is 2.90. The molecular weight excluding hydrogens is 579 g/mol. The SMILES string of the molecule is CSc1ccc(Oc2ccc(F)cc2CN(C)C(=O)C(=O)N2CCC(c3ccc(Cl)cc3Br)CC2)cc1. The molecule has 0 aromatic heterocycles. The number of nitrogens with zero attached hydrogens (tertiary/aromatic N) is 2. The van der Waals surface area contributed by atoms with Gasteiger partial charge in [0.1, 0.15) is 17.3 Å². The number of halogens is 3. The van der Waals surface area contributed by atoms with Crippen LogP contribution in [0.4, 0.5) is 4.39 Å². The summed E-state index contributed by atoms with van der Waals surface area (Å²) in [6, 6.07) is 17.5. The molecule has 0 unspecified atom stereocenters. The van der Waals surface area contributed by atoms with E-state index in [2.05, 4.69) is 15.9 Å². The summed E-state index contributed by atoms with van der Waals surface area (Å²) >= 11 is 11.3. The van der Waals surface area contributed by atoms with Gasteiger partial charge in [0, 0.05) is 46.6 Å². The predicted molar refractivity (Wildman–Crippen MR) is 149 cm³/mol. The van der Waals surface area contributed by atoms with E-state index in [-0.39, 0.29) is 12.5 Å². The van der Waals surface area contributed by atoms with Crippen LogP contribution in [-0.2, 0) is 16.1 Å². The smallest absolute Gasteiger partial charge is 0.312 e. The van der Waals surface area contributed by atoms with Gasteiger partial charge in [-0.05, 0) is 85.2 Å². The minimum Gasteiger partial charge on any atom is -0.457 e. The van der Waals surface area contributed by atoms with Crippen LogP contribution >= 0.6 is 39.3 Å². The number of carbonyl (C=O) groups excluding carboxylic acids is 2. The Labute approximate surface area is 234 Å². The van der Waals surface area contributed by atoms with E-state index in [1.165, 1.54) is 23.1 Å². The minimum atomic E-state index is -0.634. The van der Waals surface area contributed by atoms with Crippen molar-refractivity contribution in [3.63, 3.8) is 0 Å². The highest BCUT2D eigenvalue weighted by atomic mass is 79.9. The first-order chi connectivity index (χ1) is 17.7. The lowest BCUT2D eigenvalue weighted by molar-refractivity contribution is -0.152. The van der Waals surface area contributed by atoms with E-state index < -0.39 is 17.6 Å². The van der Waals surface area contributed by atoms with Gasteiger partial charge in [-0.3, -0.25) is 9.59 Å². The second-order valence-corrected chi connectivity index (χ2v) is 11.1. The number of benzene rings is 3. The van der Waals surface area contributed by atoms with Crippen LogP contribution in [0.3, 0.4) is 0 Å². The Morgan fingerprint density at radius 2 is 1.81 bits per heavy atom. The lowest BCUT2D eigenvalue weighted by Gasteiger charge is -2.33. The van der Waals surface area contributed by atoms with Gasteiger partial charge >= 0.3 is 11.8 Å². The molecule has 9 heteroatoms. The molecule has 194 valence electrons. The number of thioether (sulfide) groups is 1. The number of amides is 2. The summed E-state index contributed by atoms with van der Waals surface area (Å²) in [5.41, 5.74) is 1.63. The van der Waals surface area contributed by atoms with Crippen molar-refractivity contribution in [1.29, 1.82) is 0 Å². The zero-order valence-corrected chi connectivity index (χ0v) is 23.7. The molecule has 0 spiro atoms. The Hall–Kier alpha value is -2.55. The third-order valence-corrected chi connectivity index (χ3v) is 8.10. The van der Waals surface area contributed by atoms with Gasteiger partial charge in [-0.15, -0.1) is 11.8 Å². The monoisotopic (exact) mass is 604 g/mol. The normalized spacial score (nSPS) is 13.9. The summed E-state index contributed by atoms with van der Waals surface area (Å²) in [7, 11) is 1.54. The molecule has 3 aromatic carbocycles. The van der Waals surface area contributed by atoms with E-state index in [0.717, 1.165) is 27.8 Å². The Morgan fingerprint density at radius 3 is 2.46 bits per heavy atom. The van der Waals surface area contributed by atoms with E-state index in [0.29, 0.717) is 35.2 Å². The largest absolute Gasteiger partial charge is 0.457 e. The molecule has 2 amide bonds. The summed E-state index contributed by atoms with van der Waals surface area (Å²) < 4.78 is 21.0. The van der Waals surface area contributed by atoms with Crippen LogP contribution in [-0.4, -0.2) is 48.0 Å². The van der Waals surface area contributed by atoms with E-state index >= 15 is 0 Å². The van der Waals surface area contributed by atoms with Gasteiger partial charge in [0.2, 0.25) is 0 Å². The molecule has 4 rings (SSSR count). The highest BCUT2D eigenvalue weighted by molar-refractivity contribution is 9.10. The van der Waals surface area contributed by atoms with Gasteiger partial charge in [0.25, 0.3) is 0 Å². The quantitative estimate of drug-likeness (QED) is 0.222. The summed E-state index contributed by atoms with van der Waals surface area (Å²) in [6.45, 7) is 1.01. The molecule has 37 heavy (non-hydrogen) atoms. The molecular formula is C28H27BrClFN2O3S. The van der Waals surface area contributed by atoms with Gasteiger partial charge in [-0.1, -0.05) is 33.6 Å². The second-order valence-electron chi connectivity index (χ2n) is 8.92. The van der Waals surface area contributed by atoms with Crippen LogP contribution < -0.4 is 4.74 Å². The molecule has 1 fully saturated rings. The van der Waals surface area contributed by atoms with Crippen molar-refractivity contribution in [2.75, 3.05) is 26.4 Å². The summed E-state index contributed by atoms with van der Waals surface area (Å²) in [4.78, 5) is 30.0. The molecule has 3 aromatic rings. The fourth-order valence-electron chi connectivity index (χ4n) is 4.39. The lowest BCUT2D eigenvalue weighted by Crippen LogP contribution is -2.46. The number of piperidine rings is 1. The average molecular weight is 606 g/mol. The van der Waals surface area contributed by atoms with Crippen molar-refractivity contribution in [3.05, 3.63) is 87.1 Å². The molecule has 0 N–H and O–H groups in total. The summed E-state index contributed by atoms with van der Waals surface area (Å²) in [5, 5.41) is 0.664. The molecule has 1 aliphatic rings. The summed E-state index contributed by atoms with van der Waals surface area (Å²) in [5.74, 6) is -0.317. The first-order valence-corrected chi connectivity index (χ1v) is 14.2. The molecule has 1 aliphatic heterocycles. The van der Waals surface area contributed by atoms with Crippen LogP contribution in [0.25, 0.3) is 0 Å². The van der Waals surface area contributed by atoms with Gasteiger partial charge < -0.3 is 14.5 Å². The molecule has 0 atom stereocenters. The van der Waals surface area contributed by atoms with Gasteiger partial charge in [0.15, 0.2) is 0 Å². The van der Waals surface area contributed by atoms with Crippen molar-refractivity contribution in [3.8, 4) is 11.5 Å². The van der Waals surface area contributed by atoms with Crippen LogP contribution in [0.2, 0.25) is 5.02 Å². The van der Waals surface area contributed by atoms with Crippen LogP contribution in [0.15, 0.2) is 70.0 Å². The third-order valence-electron chi connectivity index (χ3n) is 6.43. The zero-order chi connectivity index (χ0) is 26.5. The van der Waals surface area contributed by atoms with E-state index in [1.54, 1.807) is 23.7 Å². The minimum absolute atomic E-state index is 0.0365. The van der Waals surface area contributed by atoms with Gasteiger partial charge in [-0.25, -0.2) is 4.39 Å². The molecule has 0 aliphatic carbocycles. The maximum Gasteiger partial charge on any atom is 0.312 e. The second kappa shape index (κ2) is 12.3. The number of likely N-dealkylation sites (tertiary alicyclic amines) is 1. The molecule has 0 saturated carbocycles. The van der Waals surface area contributed by atoms with E-state index in [1.807, 2.05) is 48.7 Å². The molecule has 5 nitrogen and oxygen atoms in total. The highest BCUT2D eigenvalue weighted by Gasteiger charge is 2.30. The van der Waals surface area contributed by atoms with Crippen LogP contribution in [0, 0.1) is 5.82 Å². The highest BCUT2D eigenvalue weighted by Crippen LogP contribution is 2.34. The molecule has 0 bridgehead atoms. The van der Waals surface area contributed by atoms with E-state index in [4.69, 9.17) is 16.3 Å². The Bertz CT molecular complexity index is 1280. The maximum atomic E-state index is 14.1. The fraction of sp³-hybridized carbons (Fsp3) is 0.286. The number of hydrogen-bond donors (Lipinski definition) is 0. The van der Waals surface area contributed by atoms with Crippen molar-refractivity contribution in [2.24, 2.45) is 0 Å². The van der Waals surface area contributed by atoms with Crippen molar-refractivity contribution >= 4 is 51.1 Å². The number of carbonyl (C=O) groups is 2. The lowest BCUT2D eigenvalue weighted by atomic mass is 9.89. The van der Waals surface area contributed by atoms with Crippen molar-refractivity contribution < 1.29 is 18.7 Å². The number of ether oxygens (including phenoxy) is 1.